The fourth-order valence-corrected chi connectivity index (χ4v) is 2.05. The Hall–Kier alpha value is -1.30. The number of hydroxylamine groups is 2. The zero-order valence-corrected chi connectivity index (χ0v) is 12.8. The third-order valence-corrected chi connectivity index (χ3v) is 3.58. The lowest BCUT2D eigenvalue weighted by atomic mass is 9.98. The molecule has 2 rings (SSSR count). The first-order valence-corrected chi connectivity index (χ1v) is 7.32. The van der Waals surface area contributed by atoms with Crippen LogP contribution in [0.3, 0.4) is 0 Å². The van der Waals surface area contributed by atoms with Crippen LogP contribution in [0.25, 0.3) is 0 Å². The highest BCUT2D eigenvalue weighted by atomic mass is 16.7. The van der Waals surface area contributed by atoms with E-state index in [1.807, 2.05) is 32.6 Å². The molecule has 0 aromatic heterocycles. The van der Waals surface area contributed by atoms with Crippen LogP contribution in [0.5, 0.6) is 0 Å². The molecule has 6 heteroatoms. The average molecular weight is 283 g/mol. The second kappa shape index (κ2) is 5.60. The Bertz CT molecular complexity index is 388. The van der Waals surface area contributed by atoms with E-state index in [1.165, 1.54) is 0 Å². The van der Waals surface area contributed by atoms with Crippen molar-refractivity contribution in [3.05, 3.63) is 0 Å². The summed E-state index contributed by atoms with van der Waals surface area (Å²) in [5, 5.41) is 4.66. The number of piperazine rings is 1. The zero-order valence-electron chi connectivity index (χ0n) is 12.8. The van der Waals surface area contributed by atoms with Gasteiger partial charge in [-0.05, 0) is 40.5 Å². The van der Waals surface area contributed by atoms with Crippen molar-refractivity contribution in [1.82, 2.24) is 15.3 Å². The van der Waals surface area contributed by atoms with Crippen LogP contribution in [-0.4, -0.2) is 53.7 Å². The molecule has 0 radical (unpaired) electrons. The minimum atomic E-state index is -0.510. The Morgan fingerprint density at radius 2 is 1.85 bits per heavy atom. The van der Waals surface area contributed by atoms with Crippen molar-refractivity contribution < 1.29 is 14.4 Å². The summed E-state index contributed by atoms with van der Waals surface area (Å²) in [6.07, 6.45) is 2.17. The molecule has 1 aliphatic carbocycles. The lowest BCUT2D eigenvalue weighted by Gasteiger charge is -2.39. The molecule has 0 bridgehead atoms. The van der Waals surface area contributed by atoms with E-state index in [1.54, 1.807) is 5.06 Å². The lowest BCUT2D eigenvalue weighted by Crippen LogP contribution is -2.57. The average Bonchev–Trinajstić information content (AvgIpc) is 3.11. The van der Waals surface area contributed by atoms with E-state index in [0.717, 1.165) is 12.8 Å². The van der Waals surface area contributed by atoms with Crippen molar-refractivity contribution in [2.75, 3.05) is 19.6 Å². The summed E-state index contributed by atoms with van der Waals surface area (Å²) in [4.78, 5) is 31.1. The fourth-order valence-electron chi connectivity index (χ4n) is 2.05. The highest BCUT2D eigenvalue weighted by Gasteiger charge is 2.34. The molecule has 1 aliphatic heterocycles. The van der Waals surface area contributed by atoms with E-state index in [9.17, 15) is 9.59 Å². The van der Waals surface area contributed by atoms with Crippen LogP contribution in [-0.2, 0) is 9.63 Å². The third-order valence-electron chi connectivity index (χ3n) is 3.58. The van der Waals surface area contributed by atoms with Crippen molar-refractivity contribution >= 4 is 12.0 Å². The van der Waals surface area contributed by atoms with Gasteiger partial charge < -0.3 is 15.1 Å². The largest absolute Gasteiger partial charge is 0.367 e. The first kappa shape index (κ1) is 15.1. The molecule has 1 saturated carbocycles. The van der Waals surface area contributed by atoms with Gasteiger partial charge in [0.05, 0.1) is 18.5 Å². The number of urea groups is 1. The number of carbonyl (C=O) groups is 2. The van der Waals surface area contributed by atoms with Crippen LogP contribution < -0.4 is 5.32 Å². The summed E-state index contributed by atoms with van der Waals surface area (Å²) in [6.45, 7) is 9.17. The zero-order chi connectivity index (χ0) is 14.9. The molecule has 0 unspecified atom stereocenters. The summed E-state index contributed by atoms with van der Waals surface area (Å²) in [5.41, 5.74) is -0.510. The SMILES string of the molecule is C[C@@H]1CN(OC(=O)C(C)(C)C)CCN1C(=O)NC1CC1. The molecule has 1 N–H and O–H groups in total. The molecular formula is C14H25N3O3. The monoisotopic (exact) mass is 283 g/mol. The Balaban J connectivity index is 1.82. The van der Waals surface area contributed by atoms with Gasteiger partial charge >= 0.3 is 12.0 Å². The Morgan fingerprint density at radius 3 is 2.35 bits per heavy atom. The molecule has 0 spiro atoms. The summed E-state index contributed by atoms with van der Waals surface area (Å²) in [7, 11) is 0. The number of rotatable bonds is 2. The van der Waals surface area contributed by atoms with Gasteiger partial charge in [0.15, 0.2) is 0 Å². The second-order valence-corrected chi connectivity index (χ2v) is 6.78. The van der Waals surface area contributed by atoms with E-state index in [4.69, 9.17) is 4.84 Å². The van der Waals surface area contributed by atoms with Crippen molar-refractivity contribution in [1.29, 1.82) is 0 Å². The Morgan fingerprint density at radius 1 is 1.20 bits per heavy atom. The molecule has 114 valence electrons. The fraction of sp³-hybridized carbons (Fsp3) is 0.857. The molecule has 20 heavy (non-hydrogen) atoms. The number of hydrogen-bond donors (Lipinski definition) is 1. The maximum absolute atomic E-state index is 12.0. The quantitative estimate of drug-likeness (QED) is 0.831. The highest BCUT2D eigenvalue weighted by molar-refractivity contribution is 5.76. The van der Waals surface area contributed by atoms with E-state index in [2.05, 4.69) is 5.32 Å². The third kappa shape index (κ3) is 3.85. The minimum Gasteiger partial charge on any atom is -0.367 e. The topological polar surface area (TPSA) is 61.9 Å². The maximum atomic E-state index is 12.0. The van der Waals surface area contributed by atoms with Crippen LogP contribution in [0, 0.1) is 5.41 Å². The Kier molecular flexibility index (Phi) is 4.22. The van der Waals surface area contributed by atoms with Crippen LogP contribution in [0.4, 0.5) is 4.79 Å². The van der Waals surface area contributed by atoms with Gasteiger partial charge in [-0.2, -0.15) is 0 Å². The molecule has 2 amide bonds. The van der Waals surface area contributed by atoms with Crippen molar-refractivity contribution in [3.63, 3.8) is 0 Å². The Labute approximate surface area is 120 Å². The molecule has 1 heterocycles. The molecule has 1 atom stereocenters. The lowest BCUT2D eigenvalue weighted by molar-refractivity contribution is -0.208. The predicted molar refractivity (Wildman–Crippen MR) is 74.8 cm³/mol. The molecule has 2 aliphatic rings. The molecule has 2 fully saturated rings. The van der Waals surface area contributed by atoms with Gasteiger partial charge in [-0.1, -0.05) is 0 Å². The molecule has 1 saturated heterocycles. The standard InChI is InChI=1S/C14H25N3O3/c1-10-9-16(20-12(18)14(2,3)4)7-8-17(10)13(19)15-11-5-6-11/h10-11H,5-9H2,1-4H3,(H,15,19)/t10-/m1/s1. The minimum absolute atomic E-state index is 0.00166. The maximum Gasteiger partial charge on any atom is 0.330 e. The smallest absolute Gasteiger partial charge is 0.330 e. The molecule has 6 nitrogen and oxygen atoms in total. The number of amides is 2. The molecular weight excluding hydrogens is 258 g/mol. The number of hydrogen-bond acceptors (Lipinski definition) is 4. The van der Waals surface area contributed by atoms with Crippen LogP contribution in [0.1, 0.15) is 40.5 Å². The first-order chi connectivity index (χ1) is 9.27. The van der Waals surface area contributed by atoms with Gasteiger partial charge in [-0.25, -0.2) is 9.59 Å². The van der Waals surface area contributed by atoms with E-state index < -0.39 is 5.41 Å². The van der Waals surface area contributed by atoms with Gasteiger partial charge in [0, 0.05) is 18.6 Å². The van der Waals surface area contributed by atoms with Crippen molar-refractivity contribution in [3.8, 4) is 0 Å². The van der Waals surface area contributed by atoms with E-state index in [0.29, 0.717) is 25.7 Å². The van der Waals surface area contributed by atoms with Crippen molar-refractivity contribution in [2.24, 2.45) is 5.41 Å². The van der Waals surface area contributed by atoms with E-state index in [-0.39, 0.29) is 18.0 Å². The molecule has 0 aromatic rings. The second-order valence-electron chi connectivity index (χ2n) is 6.78. The van der Waals surface area contributed by atoms with E-state index >= 15 is 0 Å². The molecule has 0 aromatic carbocycles. The highest BCUT2D eigenvalue weighted by Crippen LogP contribution is 2.21. The number of nitrogens with one attached hydrogen (secondary N) is 1. The van der Waals surface area contributed by atoms with Crippen LogP contribution >= 0.6 is 0 Å². The van der Waals surface area contributed by atoms with Gasteiger partial charge in [0.1, 0.15) is 0 Å². The normalized spacial score (nSPS) is 24.4. The first-order valence-electron chi connectivity index (χ1n) is 7.32. The van der Waals surface area contributed by atoms with Gasteiger partial charge in [-0.15, -0.1) is 5.06 Å². The van der Waals surface area contributed by atoms with Gasteiger partial charge in [0.2, 0.25) is 0 Å². The van der Waals surface area contributed by atoms with Crippen molar-refractivity contribution in [2.45, 2.75) is 52.6 Å². The summed E-state index contributed by atoms with van der Waals surface area (Å²) < 4.78 is 0. The number of carbonyl (C=O) groups excluding carboxylic acids is 2. The summed E-state index contributed by atoms with van der Waals surface area (Å²) >= 11 is 0. The summed E-state index contributed by atoms with van der Waals surface area (Å²) in [6, 6.07) is 0.406. The van der Waals surface area contributed by atoms with Gasteiger partial charge in [0.25, 0.3) is 0 Å². The van der Waals surface area contributed by atoms with Gasteiger partial charge in [-0.3, -0.25) is 0 Å². The summed E-state index contributed by atoms with van der Waals surface area (Å²) in [5.74, 6) is -0.236. The predicted octanol–water partition coefficient (Wildman–Crippen LogP) is 1.37. The number of nitrogens with zero attached hydrogens (tertiary/aromatic N) is 2. The van der Waals surface area contributed by atoms with Crippen LogP contribution in [0.2, 0.25) is 0 Å². The van der Waals surface area contributed by atoms with Crippen LogP contribution in [0.15, 0.2) is 0 Å².